The Morgan fingerprint density at radius 2 is 1.75 bits per heavy atom. The molecule has 0 aliphatic rings. The topological polar surface area (TPSA) is 130 Å². The van der Waals surface area contributed by atoms with E-state index in [-0.39, 0.29) is 116 Å². The fourth-order valence-corrected chi connectivity index (χ4v) is 0.340. The predicted octanol–water partition coefficient (Wildman–Crippen LogP) is -7.79. The van der Waals surface area contributed by atoms with E-state index < -0.39 is 16.5 Å². The summed E-state index contributed by atoms with van der Waals surface area (Å²) in [5.41, 5.74) is 0. The number of ether oxygens (including phenoxy) is 1. The molecule has 0 rings (SSSR count). The Balaban J connectivity index is -0.0000000904. The molecule has 1 unspecified atom stereocenters. The molecule has 0 aliphatic carbocycles. The Labute approximate surface area is 180 Å². The smallest absolute Gasteiger partial charge is 0.759 e. The molecule has 0 aromatic heterocycles. The summed E-state index contributed by atoms with van der Waals surface area (Å²) in [6, 6.07) is 0. The van der Waals surface area contributed by atoms with Crippen molar-refractivity contribution in [3.63, 3.8) is 0 Å². The van der Waals surface area contributed by atoms with Crippen LogP contribution in [0.3, 0.4) is 0 Å². The van der Waals surface area contributed by atoms with Crippen molar-refractivity contribution in [1.82, 2.24) is 0 Å². The third kappa shape index (κ3) is 43.7. The number of hydrogen-bond donors (Lipinski definition) is 2. The van der Waals surface area contributed by atoms with Crippen molar-refractivity contribution in [2.24, 2.45) is 0 Å². The van der Waals surface area contributed by atoms with Crippen LogP contribution in [0.1, 0.15) is 0 Å². The first-order chi connectivity index (χ1) is 6.31. The van der Waals surface area contributed by atoms with Crippen molar-refractivity contribution in [2.75, 3.05) is 19.8 Å². The van der Waals surface area contributed by atoms with Gasteiger partial charge in [0.2, 0.25) is 0 Å². The molecule has 16 heavy (non-hydrogen) atoms. The minimum atomic E-state index is -5.17. The zero-order valence-corrected chi connectivity index (χ0v) is 16.4. The van der Waals surface area contributed by atoms with Crippen LogP contribution < -0.4 is 103 Å². The maximum Gasteiger partial charge on any atom is 1.00 e. The first-order valence-corrected chi connectivity index (χ1v) is 4.78. The minimum absolute atomic E-state index is 0. The van der Waals surface area contributed by atoms with Crippen molar-refractivity contribution >= 4 is 10.4 Å². The molecule has 0 aromatic rings. The van der Waals surface area contributed by atoms with Crippen molar-refractivity contribution in [2.45, 2.75) is 6.10 Å². The van der Waals surface area contributed by atoms with E-state index in [1.807, 2.05) is 0 Å². The molecule has 0 saturated heterocycles. The molecule has 0 bridgehead atoms. The zero-order chi connectivity index (χ0) is 11.6. The summed E-state index contributed by atoms with van der Waals surface area (Å²) in [7, 11) is -5.17. The number of rotatable bonds is 5. The average molecular weight is 306 g/mol. The normalized spacial score (nSPS) is 11.0. The Morgan fingerprint density at radius 1 is 1.38 bits per heavy atom. The summed E-state index contributed by atoms with van der Waals surface area (Å²) in [4.78, 5) is 0. The minimum Gasteiger partial charge on any atom is -0.759 e. The van der Waals surface area contributed by atoms with E-state index in [0.717, 1.165) is 0 Å². The van der Waals surface area contributed by atoms with Gasteiger partial charge in [0.05, 0.1) is 19.8 Å². The molecule has 1 atom stereocenters. The van der Waals surface area contributed by atoms with Crippen molar-refractivity contribution in [3.8, 4) is 0 Å². The molecule has 0 amide bonds. The first-order valence-electron chi connectivity index (χ1n) is 3.45. The number of aliphatic hydroxyl groups is 2. The van der Waals surface area contributed by atoms with E-state index >= 15 is 0 Å². The van der Waals surface area contributed by atoms with Gasteiger partial charge in [-0.1, -0.05) is 6.08 Å². The standard InChI is InChI=1S/C6H12O3.2K.H2O4S/c1-2-3-9-5-6(8)4-7;;;1-5(2,3)4/h2,6-8H,1,3-5H2;;;(H2,1,2,3,4)/q;2*+1;/p-2. The molecule has 2 N–H and O–H groups in total. The fraction of sp³-hybridized carbons (Fsp3) is 0.667. The van der Waals surface area contributed by atoms with Crippen molar-refractivity contribution in [3.05, 3.63) is 12.7 Å². The fourth-order valence-electron chi connectivity index (χ4n) is 0.340. The molecule has 0 heterocycles. The van der Waals surface area contributed by atoms with Gasteiger partial charge in [0.1, 0.15) is 6.10 Å². The van der Waals surface area contributed by atoms with Crippen LogP contribution in [0.4, 0.5) is 0 Å². The van der Waals surface area contributed by atoms with Gasteiger partial charge in [-0.25, -0.2) is 0 Å². The summed E-state index contributed by atoms with van der Waals surface area (Å²) in [6.45, 7) is 3.74. The molecule has 86 valence electrons. The van der Waals surface area contributed by atoms with Crippen LogP contribution in [0.5, 0.6) is 0 Å². The van der Waals surface area contributed by atoms with Crippen LogP contribution in [-0.2, 0) is 15.1 Å². The van der Waals surface area contributed by atoms with E-state index in [1.54, 1.807) is 6.08 Å². The summed E-state index contributed by atoms with van der Waals surface area (Å²) in [5, 5.41) is 17.0. The van der Waals surface area contributed by atoms with Crippen LogP contribution in [-0.4, -0.2) is 53.7 Å². The summed E-state index contributed by atoms with van der Waals surface area (Å²) >= 11 is 0. The third-order valence-corrected chi connectivity index (χ3v) is 0.757. The Morgan fingerprint density at radius 3 is 2.00 bits per heavy atom. The molecule has 0 radical (unpaired) electrons. The van der Waals surface area contributed by atoms with Gasteiger partial charge in [0.25, 0.3) is 0 Å². The Hall–Kier alpha value is 2.76. The first kappa shape index (κ1) is 27.2. The monoisotopic (exact) mass is 306 g/mol. The van der Waals surface area contributed by atoms with Crippen molar-refractivity contribution < 1.29 is 135 Å². The van der Waals surface area contributed by atoms with E-state index in [0.29, 0.717) is 6.61 Å². The number of hydrogen-bond acceptors (Lipinski definition) is 7. The second-order valence-corrected chi connectivity index (χ2v) is 2.89. The van der Waals surface area contributed by atoms with Crippen LogP contribution in [0, 0.1) is 0 Å². The van der Waals surface area contributed by atoms with Gasteiger partial charge in [-0.2, -0.15) is 0 Å². The Kier molecular flexibility index (Phi) is 30.2. The quantitative estimate of drug-likeness (QED) is 0.170. The van der Waals surface area contributed by atoms with Crippen LogP contribution >= 0.6 is 0 Å². The van der Waals surface area contributed by atoms with Gasteiger partial charge in [-0.3, -0.25) is 8.42 Å². The molecule has 0 fully saturated rings. The Bertz CT molecular complexity index is 223. The van der Waals surface area contributed by atoms with E-state index in [9.17, 15) is 0 Å². The maximum atomic E-state index is 8.68. The van der Waals surface area contributed by atoms with Crippen molar-refractivity contribution in [1.29, 1.82) is 0 Å². The van der Waals surface area contributed by atoms with E-state index in [1.165, 1.54) is 0 Å². The predicted molar refractivity (Wildman–Crippen MR) is 44.6 cm³/mol. The third-order valence-electron chi connectivity index (χ3n) is 0.757. The van der Waals surface area contributed by atoms with Gasteiger partial charge >= 0.3 is 103 Å². The van der Waals surface area contributed by atoms with Gasteiger partial charge < -0.3 is 24.1 Å². The second kappa shape index (κ2) is 17.8. The number of aliphatic hydroxyl groups excluding tert-OH is 2. The molecular formula is C6H12K2O7S. The van der Waals surface area contributed by atoms with E-state index in [4.69, 9.17) is 32.5 Å². The molecule has 0 saturated carbocycles. The molecule has 10 heteroatoms. The second-order valence-electron chi connectivity index (χ2n) is 2.07. The molecular weight excluding hydrogens is 294 g/mol. The van der Waals surface area contributed by atoms with Gasteiger partial charge in [-0.05, 0) is 0 Å². The SMILES string of the molecule is C=CCOCC(O)CO.O=S(=O)([O-])[O-].[K+].[K+]. The van der Waals surface area contributed by atoms with Gasteiger partial charge in [0, 0.05) is 10.4 Å². The van der Waals surface area contributed by atoms with Crippen LogP contribution in [0.2, 0.25) is 0 Å². The summed E-state index contributed by atoms with van der Waals surface area (Å²) in [5.74, 6) is 0. The molecule has 0 spiro atoms. The van der Waals surface area contributed by atoms with E-state index in [2.05, 4.69) is 6.58 Å². The van der Waals surface area contributed by atoms with Crippen LogP contribution in [0.25, 0.3) is 0 Å². The summed E-state index contributed by atoms with van der Waals surface area (Å²) in [6.07, 6.45) is 0.828. The van der Waals surface area contributed by atoms with Gasteiger partial charge in [-0.15, -0.1) is 6.58 Å². The summed E-state index contributed by atoms with van der Waals surface area (Å²) < 4.78 is 38.9. The maximum absolute atomic E-state index is 8.68. The largest absolute Gasteiger partial charge is 1.00 e. The molecule has 0 aromatic carbocycles. The van der Waals surface area contributed by atoms with Gasteiger partial charge in [0.15, 0.2) is 0 Å². The average Bonchev–Trinajstić information content (AvgIpc) is 2.01. The van der Waals surface area contributed by atoms with Crippen LogP contribution in [0.15, 0.2) is 12.7 Å². The zero-order valence-electron chi connectivity index (χ0n) is 9.33. The molecule has 7 nitrogen and oxygen atoms in total. The molecule has 0 aliphatic heterocycles.